The van der Waals surface area contributed by atoms with Crippen LogP contribution in [0.2, 0.25) is 0 Å². The standard InChI is InChI=1S/C18H20F2O/c19-15-3-1-2-14(17(15)20)7-16(21)18-8-11-4-12(9-18)6-13(5-11)10-18/h1-3,11-13H,4-10H2. The summed E-state index contributed by atoms with van der Waals surface area (Å²) in [5.41, 5.74) is -0.0104. The molecule has 112 valence electrons. The van der Waals surface area contributed by atoms with E-state index in [0.717, 1.165) is 25.3 Å². The van der Waals surface area contributed by atoms with Crippen molar-refractivity contribution in [1.29, 1.82) is 0 Å². The molecule has 1 aromatic rings. The van der Waals surface area contributed by atoms with Gasteiger partial charge in [0.1, 0.15) is 5.78 Å². The van der Waals surface area contributed by atoms with Crippen LogP contribution in [-0.2, 0) is 11.2 Å². The van der Waals surface area contributed by atoms with Crippen molar-refractivity contribution in [2.75, 3.05) is 0 Å². The minimum Gasteiger partial charge on any atom is -0.299 e. The maximum atomic E-state index is 13.8. The Morgan fingerprint density at radius 1 is 1.05 bits per heavy atom. The molecule has 4 bridgehead atoms. The van der Waals surface area contributed by atoms with E-state index in [-0.39, 0.29) is 23.2 Å². The molecule has 0 radical (unpaired) electrons. The highest BCUT2D eigenvalue weighted by Crippen LogP contribution is 2.60. The molecule has 21 heavy (non-hydrogen) atoms. The van der Waals surface area contributed by atoms with Gasteiger partial charge in [0.25, 0.3) is 0 Å². The molecule has 0 saturated heterocycles. The first-order chi connectivity index (χ1) is 10.1. The van der Waals surface area contributed by atoms with Gasteiger partial charge in [0.15, 0.2) is 11.6 Å². The van der Waals surface area contributed by atoms with Crippen molar-refractivity contribution in [3.05, 3.63) is 35.4 Å². The molecule has 0 unspecified atom stereocenters. The lowest BCUT2D eigenvalue weighted by atomic mass is 9.48. The summed E-state index contributed by atoms with van der Waals surface area (Å²) in [4.78, 5) is 12.8. The molecule has 0 aliphatic heterocycles. The van der Waals surface area contributed by atoms with Gasteiger partial charge in [-0.1, -0.05) is 12.1 Å². The van der Waals surface area contributed by atoms with E-state index in [1.54, 1.807) is 0 Å². The van der Waals surface area contributed by atoms with Crippen molar-refractivity contribution in [3.63, 3.8) is 0 Å². The van der Waals surface area contributed by atoms with Crippen LogP contribution in [0, 0.1) is 34.8 Å². The fourth-order valence-corrected chi connectivity index (χ4v) is 5.50. The van der Waals surface area contributed by atoms with Crippen LogP contribution >= 0.6 is 0 Å². The summed E-state index contributed by atoms with van der Waals surface area (Å²) >= 11 is 0. The Labute approximate surface area is 123 Å². The van der Waals surface area contributed by atoms with Crippen molar-refractivity contribution in [1.82, 2.24) is 0 Å². The zero-order chi connectivity index (χ0) is 14.6. The lowest BCUT2D eigenvalue weighted by molar-refractivity contribution is -0.143. The molecule has 5 rings (SSSR count). The highest BCUT2D eigenvalue weighted by Gasteiger charge is 2.54. The number of hydrogen-bond acceptors (Lipinski definition) is 1. The number of carbonyl (C=O) groups is 1. The fraction of sp³-hybridized carbons (Fsp3) is 0.611. The van der Waals surface area contributed by atoms with Crippen molar-refractivity contribution < 1.29 is 13.6 Å². The van der Waals surface area contributed by atoms with E-state index >= 15 is 0 Å². The van der Waals surface area contributed by atoms with E-state index in [2.05, 4.69) is 0 Å². The van der Waals surface area contributed by atoms with Gasteiger partial charge in [-0.25, -0.2) is 8.78 Å². The zero-order valence-corrected chi connectivity index (χ0v) is 12.1. The first-order valence-electron chi connectivity index (χ1n) is 8.02. The van der Waals surface area contributed by atoms with Gasteiger partial charge < -0.3 is 0 Å². The Bertz CT molecular complexity index is 558. The molecule has 0 atom stereocenters. The number of halogens is 2. The minimum absolute atomic E-state index is 0.0513. The number of benzene rings is 1. The second kappa shape index (κ2) is 4.62. The van der Waals surface area contributed by atoms with Crippen LogP contribution in [0.15, 0.2) is 18.2 Å². The molecule has 4 saturated carbocycles. The van der Waals surface area contributed by atoms with E-state index in [1.807, 2.05) is 0 Å². The van der Waals surface area contributed by atoms with Crippen LogP contribution < -0.4 is 0 Å². The van der Waals surface area contributed by atoms with E-state index in [1.165, 1.54) is 31.4 Å². The average molecular weight is 290 g/mol. The molecule has 3 heteroatoms. The first-order valence-corrected chi connectivity index (χ1v) is 8.02. The quantitative estimate of drug-likeness (QED) is 0.811. The Kier molecular flexibility index (Phi) is 2.95. The molecule has 4 aliphatic carbocycles. The highest BCUT2D eigenvalue weighted by atomic mass is 19.2. The van der Waals surface area contributed by atoms with Crippen LogP contribution in [0.3, 0.4) is 0 Å². The predicted molar refractivity (Wildman–Crippen MR) is 75.7 cm³/mol. The lowest BCUT2D eigenvalue weighted by Gasteiger charge is -2.56. The molecular weight excluding hydrogens is 270 g/mol. The summed E-state index contributed by atoms with van der Waals surface area (Å²) in [6.45, 7) is 0. The number of carbonyl (C=O) groups excluding carboxylic acids is 1. The van der Waals surface area contributed by atoms with Gasteiger partial charge in [0.2, 0.25) is 0 Å². The van der Waals surface area contributed by atoms with Gasteiger partial charge in [-0.15, -0.1) is 0 Å². The van der Waals surface area contributed by atoms with Crippen molar-refractivity contribution in [2.24, 2.45) is 23.2 Å². The molecule has 0 spiro atoms. The van der Waals surface area contributed by atoms with Crippen molar-refractivity contribution in [2.45, 2.75) is 44.9 Å². The molecule has 1 nitrogen and oxygen atoms in total. The smallest absolute Gasteiger partial charge is 0.162 e. The SMILES string of the molecule is O=C(Cc1cccc(F)c1F)C12CC3CC(CC(C3)C1)C2. The largest absolute Gasteiger partial charge is 0.299 e. The maximum absolute atomic E-state index is 13.8. The number of ketones is 1. The van der Waals surface area contributed by atoms with E-state index in [4.69, 9.17) is 0 Å². The summed E-state index contributed by atoms with van der Waals surface area (Å²) in [6.07, 6.45) is 6.83. The van der Waals surface area contributed by atoms with Gasteiger partial charge in [-0.2, -0.15) is 0 Å². The Morgan fingerprint density at radius 2 is 1.62 bits per heavy atom. The number of rotatable bonds is 3. The zero-order valence-electron chi connectivity index (χ0n) is 12.1. The first kappa shape index (κ1) is 13.4. The van der Waals surface area contributed by atoms with Crippen LogP contribution in [-0.4, -0.2) is 5.78 Å². The van der Waals surface area contributed by atoms with Gasteiger partial charge in [-0.05, 0) is 67.9 Å². The Morgan fingerprint density at radius 3 is 2.19 bits per heavy atom. The Hall–Kier alpha value is -1.25. The Balaban J connectivity index is 1.59. The fourth-order valence-electron chi connectivity index (χ4n) is 5.50. The van der Waals surface area contributed by atoms with Gasteiger partial charge >= 0.3 is 0 Å². The summed E-state index contributed by atoms with van der Waals surface area (Å²) < 4.78 is 27.1. The molecular formula is C18H20F2O. The molecule has 4 aliphatic rings. The molecule has 0 aromatic heterocycles. The van der Waals surface area contributed by atoms with Crippen LogP contribution in [0.4, 0.5) is 8.78 Å². The second-order valence-corrected chi connectivity index (χ2v) is 7.51. The third kappa shape index (κ3) is 2.13. The second-order valence-electron chi connectivity index (χ2n) is 7.51. The van der Waals surface area contributed by atoms with E-state index in [9.17, 15) is 13.6 Å². The lowest BCUT2D eigenvalue weighted by Crippen LogP contribution is -2.50. The molecule has 0 heterocycles. The van der Waals surface area contributed by atoms with E-state index < -0.39 is 11.6 Å². The third-order valence-electron chi connectivity index (χ3n) is 6.01. The van der Waals surface area contributed by atoms with Gasteiger partial charge in [-0.3, -0.25) is 4.79 Å². The molecule has 0 N–H and O–H groups in total. The van der Waals surface area contributed by atoms with Gasteiger partial charge in [0, 0.05) is 11.8 Å². The molecule has 1 aromatic carbocycles. The molecule has 0 amide bonds. The van der Waals surface area contributed by atoms with Gasteiger partial charge in [0.05, 0.1) is 0 Å². The normalized spacial score (nSPS) is 37.0. The topological polar surface area (TPSA) is 17.1 Å². The monoisotopic (exact) mass is 290 g/mol. The summed E-state index contributed by atoms with van der Waals surface area (Å²) in [7, 11) is 0. The summed E-state index contributed by atoms with van der Waals surface area (Å²) in [6, 6.07) is 4.13. The van der Waals surface area contributed by atoms with Crippen molar-refractivity contribution in [3.8, 4) is 0 Å². The van der Waals surface area contributed by atoms with E-state index in [0.29, 0.717) is 17.8 Å². The number of Topliss-reactive ketones (excluding diaryl/α,β-unsaturated/α-hetero) is 1. The molecule has 4 fully saturated rings. The minimum atomic E-state index is -0.856. The predicted octanol–water partition coefficient (Wildman–Crippen LogP) is 4.29. The summed E-state index contributed by atoms with van der Waals surface area (Å²) in [5, 5.41) is 0. The van der Waals surface area contributed by atoms with Crippen LogP contribution in [0.25, 0.3) is 0 Å². The average Bonchev–Trinajstić information content (AvgIpc) is 2.42. The number of hydrogen-bond donors (Lipinski definition) is 0. The summed E-state index contributed by atoms with van der Waals surface area (Å²) in [5.74, 6) is 0.514. The maximum Gasteiger partial charge on any atom is 0.162 e. The van der Waals surface area contributed by atoms with Crippen LogP contribution in [0.5, 0.6) is 0 Å². The third-order valence-corrected chi connectivity index (χ3v) is 6.01. The highest BCUT2D eigenvalue weighted by molar-refractivity contribution is 5.87. The van der Waals surface area contributed by atoms with Crippen LogP contribution in [0.1, 0.15) is 44.1 Å². The van der Waals surface area contributed by atoms with Crippen molar-refractivity contribution >= 4 is 5.78 Å².